The second-order valence-corrected chi connectivity index (χ2v) is 0. The number of hydrogen-bond donors (Lipinski definition) is 0. The minimum absolute atomic E-state index is 0. The first-order chi connectivity index (χ1) is 0. The molecule has 0 aromatic heterocycles. The van der Waals surface area contributed by atoms with Crippen LogP contribution < -0.4 is 0 Å². The Kier molecular flexibility index (Phi) is 191. The summed E-state index contributed by atoms with van der Waals surface area (Å²) in [5, 5.41) is 0. The summed E-state index contributed by atoms with van der Waals surface area (Å²) in [5.41, 5.74) is 0. The van der Waals surface area contributed by atoms with E-state index in [0.717, 1.165) is 0 Å². The fourth-order valence-corrected chi connectivity index (χ4v) is 0. The van der Waals surface area contributed by atoms with E-state index in [9.17, 15) is 0 Å². The Labute approximate surface area is 74.5 Å². The molecule has 4 heavy (non-hydrogen) atoms. The average molecular weight is 256 g/mol. The van der Waals surface area contributed by atoms with Gasteiger partial charge in [-0.1, -0.05) is 0 Å². The summed E-state index contributed by atoms with van der Waals surface area (Å²) in [7, 11) is 0. The summed E-state index contributed by atoms with van der Waals surface area (Å²) >= 11 is 0. The molecule has 0 unspecified atom stereocenters. The van der Waals surface area contributed by atoms with Gasteiger partial charge in [0, 0.05) is 0 Å². The Hall–Kier alpha value is 1.97. The molecule has 0 aliphatic heterocycles. The number of halogens is 2. The average Bonchev–Trinajstić information content (AvgIpc) is 0. The van der Waals surface area contributed by atoms with Crippen LogP contribution in [-0.4, -0.2) is 66.5 Å². The van der Waals surface area contributed by atoms with Crippen LogP contribution in [0.3, 0.4) is 0 Å². The van der Waals surface area contributed by atoms with E-state index in [1.54, 1.807) is 0 Å². The topological polar surface area (TPSA) is 0 Å². The van der Waals surface area contributed by atoms with Crippen molar-refractivity contribution in [3.05, 3.63) is 0 Å². The fourth-order valence-electron chi connectivity index (χ4n) is 0. The van der Waals surface area contributed by atoms with Gasteiger partial charge in [0.1, 0.15) is 0 Å². The maximum atomic E-state index is 0. The van der Waals surface area contributed by atoms with Crippen LogP contribution in [0.5, 0.6) is 0 Å². The standard InChI is InChI=1S/Ba.2FH.GeH4.2H/h;2*1H;1H4;;. The molecule has 0 heterocycles. The maximum absolute atomic E-state index is 0. The summed E-state index contributed by atoms with van der Waals surface area (Å²) in [6.07, 6.45) is 0. The Morgan fingerprint density at radius 3 is 0.750 bits per heavy atom. The minimum atomic E-state index is 0. The zero-order valence-electron chi connectivity index (χ0n) is 0.816. The summed E-state index contributed by atoms with van der Waals surface area (Å²) in [5.74, 6) is 0. The summed E-state index contributed by atoms with van der Waals surface area (Å²) < 4.78 is 0. The van der Waals surface area contributed by atoms with E-state index in [1.807, 2.05) is 0 Å². The van der Waals surface area contributed by atoms with Gasteiger partial charge in [0.05, 0.1) is 0 Å². The van der Waals surface area contributed by atoms with Gasteiger partial charge in [-0.3, -0.25) is 9.41 Å². The van der Waals surface area contributed by atoms with E-state index < -0.39 is 0 Å². The first-order valence-corrected chi connectivity index (χ1v) is 0. The third kappa shape index (κ3) is 9.02. The van der Waals surface area contributed by atoms with Crippen molar-refractivity contribution in [2.24, 2.45) is 0 Å². The molecule has 0 fully saturated rings. The van der Waals surface area contributed by atoms with Crippen molar-refractivity contribution in [1.82, 2.24) is 0 Å². The van der Waals surface area contributed by atoms with Crippen molar-refractivity contribution in [2.45, 2.75) is 0 Å². The van der Waals surface area contributed by atoms with Crippen molar-refractivity contribution < 1.29 is 9.41 Å². The van der Waals surface area contributed by atoms with Crippen LogP contribution in [0.15, 0.2) is 0 Å². The van der Waals surface area contributed by atoms with Gasteiger partial charge >= 0.3 is 66.5 Å². The van der Waals surface area contributed by atoms with E-state index in [2.05, 4.69) is 0 Å². The number of hydrogen-bond acceptors (Lipinski definition) is 0. The molecule has 0 rings (SSSR count). The van der Waals surface area contributed by atoms with E-state index in [-0.39, 0.29) is 75.9 Å². The molecule has 0 N–H and O–H groups in total. The molecular formula is H8BaF2Ge. The first-order valence-electron chi connectivity index (χ1n) is 0. The normalized spacial score (nSPS) is 0. The van der Waals surface area contributed by atoms with Crippen LogP contribution in [0.4, 0.5) is 9.41 Å². The monoisotopic (exact) mass is 258 g/mol. The number of rotatable bonds is 0. The van der Waals surface area contributed by atoms with Crippen LogP contribution in [0.1, 0.15) is 0 Å². The fraction of sp³-hybridized carbons (Fsp3) is 0. The van der Waals surface area contributed by atoms with Gasteiger partial charge in [-0.25, -0.2) is 0 Å². The van der Waals surface area contributed by atoms with Crippen molar-refractivity contribution in [2.75, 3.05) is 0 Å². The molecule has 0 aromatic rings. The van der Waals surface area contributed by atoms with Crippen LogP contribution in [0, 0.1) is 0 Å². The molecular weight excluding hydrogens is 248 g/mol. The molecule has 0 amide bonds. The van der Waals surface area contributed by atoms with E-state index in [0.29, 0.717) is 0 Å². The Balaban J connectivity index is 0. The second kappa shape index (κ2) is 20.2. The first kappa shape index (κ1) is 37.9. The molecule has 4 heteroatoms. The molecule has 0 atom stereocenters. The molecule has 0 saturated carbocycles. The van der Waals surface area contributed by atoms with Crippen molar-refractivity contribution >= 4 is 66.5 Å². The predicted octanol–water partition coefficient (Wildman–Crippen LogP) is -2.06. The Morgan fingerprint density at radius 1 is 0.750 bits per heavy atom. The SMILES string of the molecule is F.F.[BaH2].[GeH4]. The predicted molar refractivity (Wildman–Crippen MR) is 24.9 cm³/mol. The molecule has 0 aromatic carbocycles. The summed E-state index contributed by atoms with van der Waals surface area (Å²) in [4.78, 5) is 0. The zero-order chi connectivity index (χ0) is 0. The Morgan fingerprint density at radius 2 is 0.750 bits per heavy atom. The van der Waals surface area contributed by atoms with E-state index >= 15 is 0 Å². The van der Waals surface area contributed by atoms with Crippen molar-refractivity contribution in [1.29, 1.82) is 0 Å². The Bertz CT molecular complexity index is 6.00. The van der Waals surface area contributed by atoms with E-state index in [1.165, 1.54) is 0 Å². The van der Waals surface area contributed by atoms with Gasteiger partial charge < -0.3 is 0 Å². The van der Waals surface area contributed by atoms with Crippen LogP contribution in [-0.2, 0) is 0 Å². The zero-order valence-corrected chi connectivity index (χ0v) is 0.816. The van der Waals surface area contributed by atoms with Gasteiger partial charge in [0.15, 0.2) is 0 Å². The molecule has 0 spiro atoms. The van der Waals surface area contributed by atoms with Gasteiger partial charge in [0.2, 0.25) is 0 Å². The molecule has 0 bridgehead atoms. The van der Waals surface area contributed by atoms with Crippen LogP contribution in [0.2, 0.25) is 0 Å². The molecule has 0 aliphatic carbocycles. The molecule has 0 radical (unpaired) electrons. The second-order valence-electron chi connectivity index (χ2n) is 0. The molecule has 28 valence electrons. The van der Waals surface area contributed by atoms with Crippen molar-refractivity contribution in [3.8, 4) is 0 Å². The van der Waals surface area contributed by atoms with Crippen molar-refractivity contribution in [3.63, 3.8) is 0 Å². The van der Waals surface area contributed by atoms with Gasteiger partial charge in [-0.2, -0.15) is 0 Å². The molecule has 0 aliphatic rings. The van der Waals surface area contributed by atoms with Gasteiger partial charge in [0.25, 0.3) is 0 Å². The van der Waals surface area contributed by atoms with Gasteiger partial charge in [-0.05, 0) is 0 Å². The summed E-state index contributed by atoms with van der Waals surface area (Å²) in [6, 6.07) is 0. The third-order valence-electron chi connectivity index (χ3n) is 0. The van der Waals surface area contributed by atoms with Crippen LogP contribution in [0.25, 0.3) is 0 Å². The summed E-state index contributed by atoms with van der Waals surface area (Å²) in [6.45, 7) is 0. The third-order valence-corrected chi connectivity index (χ3v) is 0. The molecule has 0 saturated heterocycles. The van der Waals surface area contributed by atoms with E-state index in [4.69, 9.17) is 0 Å². The van der Waals surface area contributed by atoms with Gasteiger partial charge in [-0.15, -0.1) is 0 Å². The molecule has 0 nitrogen and oxygen atoms in total. The van der Waals surface area contributed by atoms with Crippen LogP contribution >= 0.6 is 0 Å². The quantitative estimate of drug-likeness (QED) is 0.437.